The van der Waals surface area contributed by atoms with Gasteiger partial charge in [-0.2, -0.15) is 0 Å². The van der Waals surface area contributed by atoms with Gasteiger partial charge in [0.1, 0.15) is 0 Å². The van der Waals surface area contributed by atoms with Gasteiger partial charge >= 0.3 is 5.97 Å². The quantitative estimate of drug-likeness (QED) is 0.798. The molecule has 18 heavy (non-hydrogen) atoms. The number of benzene rings is 1. The number of halogens is 1. The number of carbonyl (C=O) groups is 1. The Morgan fingerprint density at radius 1 is 1.39 bits per heavy atom. The predicted molar refractivity (Wildman–Crippen MR) is 68.7 cm³/mol. The van der Waals surface area contributed by atoms with Crippen molar-refractivity contribution in [1.82, 2.24) is 9.55 Å². The zero-order valence-corrected chi connectivity index (χ0v) is 10.7. The summed E-state index contributed by atoms with van der Waals surface area (Å²) in [4.78, 5) is 15.5. The lowest BCUT2D eigenvalue weighted by Crippen LogP contribution is -2.05. The fraction of sp³-hybridized carbons (Fsp3) is 0.231. The minimum absolute atomic E-state index is 0.325. The van der Waals surface area contributed by atoms with Crippen molar-refractivity contribution in [2.45, 2.75) is 13.5 Å². The molecule has 0 radical (unpaired) electrons. The van der Waals surface area contributed by atoms with Gasteiger partial charge in [0.25, 0.3) is 0 Å². The summed E-state index contributed by atoms with van der Waals surface area (Å²) >= 11 is 5.81. The van der Waals surface area contributed by atoms with Gasteiger partial charge in [0, 0.05) is 17.8 Å². The van der Waals surface area contributed by atoms with E-state index in [0.717, 1.165) is 5.56 Å². The summed E-state index contributed by atoms with van der Waals surface area (Å²) in [5, 5.41) is 0.705. The molecule has 1 aromatic heterocycles. The first kappa shape index (κ1) is 12.6. The van der Waals surface area contributed by atoms with E-state index in [1.54, 1.807) is 19.4 Å². The molecule has 94 valence electrons. The van der Waals surface area contributed by atoms with Crippen molar-refractivity contribution in [3.63, 3.8) is 0 Å². The molecule has 0 aliphatic carbocycles. The van der Waals surface area contributed by atoms with Crippen molar-refractivity contribution in [3.05, 3.63) is 53.1 Å². The van der Waals surface area contributed by atoms with Crippen LogP contribution < -0.4 is 0 Å². The summed E-state index contributed by atoms with van der Waals surface area (Å²) in [7, 11) is 0. The number of nitrogens with zero attached hydrogens (tertiary/aromatic N) is 2. The Bertz CT molecular complexity index is 534. The van der Waals surface area contributed by atoms with Crippen LogP contribution in [0.5, 0.6) is 0 Å². The molecular formula is C13H13ClN2O2. The summed E-state index contributed by atoms with van der Waals surface area (Å²) in [6.45, 7) is 2.76. The van der Waals surface area contributed by atoms with Gasteiger partial charge in [0.2, 0.25) is 0 Å². The van der Waals surface area contributed by atoms with Crippen LogP contribution in [0.25, 0.3) is 0 Å². The Balaban J connectivity index is 2.06. The molecule has 0 N–H and O–H groups in total. The van der Waals surface area contributed by atoms with Gasteiger partial charge in [-0.15, -0.1) is 0 Å². The first-order valence-electron chi connectivity index (χ1n) is 5.62. The van der Waals surface area contributed by atoms with E-state index in [1.165, 1.54) is 0 Å². The molecule has 0 bridgehead atoms. The molecule has 0 spiro atoms. The van der Waals surface area contributed by atoms with E-state index in [1.807, 2.05) is 28.8 Å². The summed E-state index contributed by atoms with van der Waals surface area (Å²) < 4.78 is 6.70. The van der Waals surface area contributed by atoms with Crippen LogP contribution in [0, 0.1) is 0 Å². The van der Waals surface area contributed by atoms with Crippen LogP contribution in [0.15, 0.2) is 36.8 Å². The summed E-state index contributed by atoms with van der Waals surface area (Å²) in [5.74, 6) is -0.396. The third-order valence-corrected chi connectivity index (χ3v) is 2.65. The molecule has 2 aromatic rings. The van der Waals surface area contributed by atoms with Crippen LogP contribution in [-0.2, 0) is 11.3 Å². The monoisotopic (exact) mass is 264 g/mol. The Morgan fingerprint density at radius 2 is 2.11 bits per heavy atom. The number of hydrogen-bond donors (Lipinski definition) is 0. The van der Waals surface area contributed by atoms with E-state index in [4.69, 9.17) is 16.3 Å². The van der Waals surface area contributed by atoms with Crippen molar-refractivity contribution in [1.29, 1.82) is 0 Å². The van der Waals surface area contributed by atoms with Crippen LogP contribution in [0.3, 0.4) is 0 Å². The normalized spacial score (nSPS) is 10.3. The first-order chi connectivity index (χ1) is 8.69. The van der Waals surface area contributed by atoms with Crippen molar-refractivity contribution in [3.8, 4) is 0 Å². The van der Waals surface area contributed by atoms with Gasteiger partial charge in [-0.05, 0) is 24.6 Å². The van der Waals surface area contributed by atoms with E-state index in [-0.39, 0.29) is 0 Å². The number of carbonyl (C=O) groups excluding carboxylic acids is 1. The van der Waals surface area contributed by atoms with Crippen LogP contribution in [0.4, 0.5) is 0 Å². The zero-order valence-electron chi connectivity index (χ0n) is 9.97. The van der Waals surface area contributed by atoms with E-state index < -0.39 is 5.97 Å². The second-order valence-electron chi connectivity index (χ2n) is 3.78. The number of aromatic nitrogens is 2. The summed E-state index contributed by atoms with van der Waals surface area (Å²) in [5.41, 5.74) is 1.41. The Morgan fingerprint density at radius 3 is 2.78 bits per heavy atom. The standard InChI is InChI=1S/C13H13ClN2O2/c1-2-18-13(17)12-8-16(9-15-12)7-10-3-5-11(14)6-4-10/h3-6,8-9H,2,7H2,1H3. The lowest BCUT2D eigenvalue weighted by molar-refractivity contribution is 0.0520. The highest BCUT2D eigenvalue weighted by molar-refractivity contribution is 6.30. The van der Waals surface area contributed by atoms with Crippen LogP contribution in [0.1, 0.15) is 23.0 Å². The van der Waals surface area contributed by atoms with Gasteiger partial charge in [-0.3, -0.25) is 0 Å². The number of imidazole rings is 1. The first-order valence-corrected chi connectivity index (χ1v) is 6.00. The zero-order chi connectivity index (χ0) is 13.0. The van der Waals surface area contributed by atoms with E-state index in [9.17, 15) is 4.79 Å². The Hall–Kier alpha value is -1.81. The van der Waals surface area contributed by atoms with Crippen LogP contribution >= 0.6 is 11.6 Å². The number of rotatable bonds is 4. The number of esters is 1. The topological polar surface area (TPSA) is 44.1 Å². The van der Waals surface area contributed by atoms with E-state index >= 15 is 0 Å². The molecule has 1 heterocycles. The summed E-state index contributed by atoms with van der Waals surface area (Å²) in [6, 6.07) is 7.54. The molecule has 0 saturated carbocycles. The molecule has 1 aromatic carbocycles. The van der Waals surface area contributed by atoms with Gasteiger partial charge in [-0.1, -0.05) is 23.7 Å². The van der Waals surface area contributed by atoms with E-state index in [0.29, 0.717) is 23.9 Å². The number of ether oxygens (including phenoxy) is 1. The average Bonchev–Trinajstić information content (AvgIpc) is 2.81. The van der Waals surface area contributed by atoms with Crippen molar-refractivity contribution in [2.24, 2.45) is 0 Å². The van der Waals surface area contributed by atoms with Crippen LogP contribution in [0.2, 0.25) is 5.02 Å². The van der Waals surface area contributed by atoms with Gasteiger partial charge in [-0.25, -0.2) is 9.78 Å². The largest absolute Gasteiger partial charge is 0.461 e. The maximum Gasteiger partial charge on any atom is 0.358 e. The van der Waals surface area contributed by atoms with Crippen molar-refractivity contribution in [2.75, 3.05) is 6.61 Å². The minimum Gasteiger partial charge on any atom is -0.461 e. The second kappa shape index (κ2) is 5.69. The molecular weight excluding hydrogens is 252 g/mol. The second-order valence-corrected chi connectivity index (χ2v) is 4.21. The maximum absolute atomic E-state index is 11.4. The smallest absolute Gasteiger partial charge is 0.358 e. The predicted octanol–water partition coefficient (Wildman–Crippen LogP) is 2.76. The minimum atomic E-state index is -0.396. The van der Waals surface area contributed by atoms with Crippen molar-refractivity contribution >= 4 is 17.6 Å². The molecule has 4 nitrogen and oxygen atoms in total. The van der Waals surface area contributed by atoms with Gasteiger partial charge in [0.05, 0.1) is 12.9 Å². The molecule has 0 atom stereocenters. The SMILES string of the molecule is CCOC(=O)c1cn(Cc2ccc(Cl)cc2)cn1. The Labute approximate surface area is 110 Å². The molecule has 0 amide bonds. The summed E-state index contributed by atoms with van der Waals surface area (Å²) in [6.07, 6.45) is 3.29. The number of hydrogen-bond acceptors (Lipinski definition) is 3. The molecule has 0 aliphatic rings. The molecule has 0 unspecified atom stereocenters. The molecule has 0 saturated heterocycles. The van der Waals surface area contributed by atoms with Gasteiger partial charge < -0.3 is 9.30 Å². The third kappa shape index (κ3) is 3.11. The van der Waals surface area contributed by atoms with Gasteiger partial charge in [0.15, 0.2) is 5.69 Å². The highest BCUT2D eigenvalue weighted by Gasteiger charge is 2.09. The lowest BCUT2D eigenvalue weighted by Gasteiger charge is -2.02. The fourth-order valence-electron chi connectivity index (χ4n) is 1.56. The maximum atomic E-state index is 11.4. The average molecular weight is 265 g/mol. The molecule has 0 aliphatic heterocycles. The molecule has 2 rings (SSSR count). The molecule has 5 heteroatoms. The third-order valence-electron chi connectivity index (χ3n) is 2.40. The molecule has 0 fully saturated rings. The van der Waals surface area contributed by atoms with E-state index in [2.05, 4.69) is 4.98 Å². The van der Waals surface area contributed by atoms with Crippen molar-refractivity contribution < 1.29 is 9.53 Å². The highest BCUT2D eigenvalue weighted by atomic mass is 35.5. The highest BCUT2D eigenvalue weighted by Crippen LogP contribution is 2.11. The fourth-order valence-corrected chi connectivity index (χ4v) is 1.68. The Kier molecular flexibility index (Phi) is 3.99. The lowest BCUT2D eigenvalue weighted by atomic mass is 10.2. The van der Waals surface area contributed by atoms with Crippen LogP contribution in [-0.4, -0.2) is 22.1 Å².